The maximum Gasteiger partial charge on any atom is 0.289 e. The average molecular weight is 468 g/mol. The van der Waals surface area contributed by atoms with E-state index in [1.165, 1.54) is 6.26 Å². The Kier molecular flexibility index (Phi) is 6.63. The van der Waals surface area contributed by atoms with Crippen LogP contribution in [0.3, 0.4) is 0 Å². The highest BCUT2D eigenvalue weighted by Gasteiger charge is 2.38. The molecule has 9 heteroatoms. The molecule has 2 saturated heterocycles. The standard InChI is InChI=1S/C21H23Cl2N3O3S/c1-14-19(27)26(21(30-14)15-4-5-16(22)17(23)13-15)11-8-24-6-9-25(10-7-24)20(28)18-3-2-12-29-18/h2-5,12-14,21H,6-11H2,1H3. The molecule has 160 valence electrons. The second-order valence-corrected chi connectivity index (χ2v) is 9.69. The van der Waals surface area contributed by atoms with Gasteiger partial charge in [-0.2, -0.15) is 0 Å². The second-order valence-electron chi connectivity index (χ2n) is 7.45. The zero-order chi connectivity index (χ0) is 21.3. The molecule has 0 radical (unpaired) electrons. The van der Waals surface area contributed by atoms with Gasteiger partial charge in [-0.15, -0.1) is 11.8 Å². The van der Waals surface area contributed by atoms with Crippen molar-refractivity contribution in [2.45, 2.75) is 17.5 Å². The number of benzene rings is 1. The molecule has 1 aromatic heterocycles. The lowest BCUT2D eigenvalue weighted by Gasteiger charge is -2.35. The van der Waals surface area contributed by atoms with Gasteiger partial charge < -0.3 is 14.2 Å². The van der Waals surface area contributed by atoms with Crippen LogP contribution in [0.1, 0.15) is 28.4 Å². The molecule has 2 fully saturated rings. The molecule has 6 nitrogen and oxygen atoms in total. The summed E-state index contributed by atoms with van der Waals surface area (Å²) in [5, 5.41) is 0.853. The monoisotopic (exact) mass is 467 g/mol. The Bertz CT molecular complexity index is 916. The number of carbonyl (C=O) groups excluding carboxylic acids is 2. The summed E-state index contributed by atoms with van der Waals surface area (Å²) < 4.78 is 5.21. The van der Waals surface area contributed by atoms with E-state index in [0.29, 0.717) is 35.4 Å². The highest BCUT2D eigenvalue weighted by molar-refractivity contribution is 8.01. The first kappa shape index (κ1) is 21.6. The summed E-state index contributed by atoms with van der Waals surface area (Å²) in [5.74, 6) is 0.448. The molecule has 2 amide bonds. The van der Waals surface area contributed by atoms with Crippen molar-refractivity contribution in [2.75, 3.05) is 39.3 Å². The van der Waals surface area contributed by atoms with E-state index in [-0.39, 0.29) is 22.4 Å². The molecule has 4 rings (SSSR count). The summed E-state index contributed by atoms with van der Waals surface area (Å²) in [7, 11) is 0. The normalized spacial score (nSPS) is 22.7. The predicted molar refractivity (Wildman–Crippen MR) is 119 cm³/mol. The van der Waals surface area contributed by atoms with Gasteiger partial charge >= 0.3 is 0 Å². The summed E-state index contributed by atoms with van der Waals surface area (Å²) in [6.45, 7) is 6.18. The molecular weight excluding hydrogens is 445 g/mol. The molecule has 0 saturated carbocycles. The first-order valence-corrected chi connectivity index (χ1v) is 11.6. The zero-order valence-electron chi connectivity index (χ0n) is 16.6. The van der Waals surface area contributed by atoms with E-state index in [9.17, 15) is 9.59 Å². The van der Waals surface area contributed by atoms with E-state index < -0.39 is 0 Å². The minimum atomic E-state index is -0.0905. The fourth-order valence-electron chi connectivity index (χ4n) is 3.81. The number of hydrogen-bond donors (Lipinski definition) is 0. The van der Waals surface area contributed by atoms with Crippen LogP contribution in [0.15, 0.2) is 41.0 Å². The van der Waals surface area contributed by atoms with Crippen LogP contribution in [0.4, 0.5) is 0 Å². The lowest BCUT2D eigenvalue weighted by molar-refractivity contribution is -0.130. The molecular formula is C21H23Cl2N3O3S. The third kappa shape index (κ3) is 4.49. The summed E-state index contributed by atoms with van der Waals surface area (Å²) >= 11 is 13.9. The van der Waals surface area contributed by atoms with Crippen LogP contribution < -0.4 is 0 Å². The number of halogens is 2. The third-order valence-corrected chi connectivity index (χ3v) is 7.66. The Morgan fingerprint density at radius 3 is 2.57 bits per heavy atom. The van der Waals surface area contributed by atoms with Crippen molar-refractivity contribution < 1.29 is 14.0 Å². The molecule has 0 N–H and O–H groups in total. The quantitative estimate of drug-likeness (QED) is 0.664. The topological polar surface area (TPSA) is 57.0 Å². The molecule has 0 bridgehead atoms. The number of thioether (sulfide) groups is 1. The Morgan fingerprint density at radius 1 is 1.13 bits per heavy atom. The first-order valence-electron chi connectivity index (χ1n) is 9.90. The van der Waals surface area contributed by atoms with Crippen molar-refractivity contribution in [2.24, 2.45) is 0 Å². The van der Waals surface area contributed by atoms with Gasteiger partial charge in [-0.25, -0.2) is 0 Å². The summed E-state index contributed by atoms with van der Waals surface area (Å²) in [4.78, 5) is 31.2. The fraction of sp³-hybridized carbons (Fsp3) is 0.429. The first-order chi connectivity index (χ1) is 14.4. The Hall–Kier alpha value is -1.67. The van der Waals surface area contributed by atoms with Crippen LogP contribution in [-0.2, 0) is 4.79 Å². The van der Waals surface area contributed by atoms with Crippen LogP contribution in [0, 0.1) is 0 Å². The van der Waals surface area contributed by atoms with Gasteiger partial charge in [-0.05, 0) is 36.8 Å². The molecule has 2 unspecified atom stereocenters. The number of piperazine rings is 1. The predicted octanol–water partition coefficient (Wildman–Crippen LogP) is 4.01. The number of furan rings is 1. The van der Waals surface area contributed by atoms with Gasteiger partial charge in [0, 0.05) is 39.3 Å². The van der Waals surface area contributed by atoms with Gasteiger partial charge in [0.25, 0.3) is 5.91 Å². The van der Waals surface area contributed by atoms with Crippen LogP contribution >= 0.6 is 35.0 Å². The van der Waals surface area contributed by atoms with Gasteiger partial charge in [0.1, 0.15) is 5.37 Å². The summed E-state index contributed by atoms with van der Waals surface area (Å²) in [5.41, 5.74) is 0.987. The van der Waals surface area contributed by atoms with Crippen molar-refractivity contribution in [1.82, 2.24) is 14.7 Å². The van der Waals surface area contributed by atoms with Crippen molar-refractivity contribution in [1.29, 1.82) is 0 Å². The van der Waals surface area contributed by atoms with E-state index >= 15 is 0 Å². The van der Waals surface area contributed by atoms with Crippen LogP contribution in [-0.4, -0.2) is 71.0 Å². The van der Waals surface area contributed by atoms with Crippen LogP contribution in [0.2, 0.25) is 10.0 Å². The zero-order valence-corrected chi connectivity index (χ0v) is 18.9. The van der Waals surface area contributed by atoms with E-state index in [2.05, 4.69) is 4.90 Å². The van der Waals surface area contributed by atoms with Gasteiger partial charge in [0.2, 0.25) is 5.91 Å². The maximum absolute atomic E-state index is 12.8. The minimum absolute atomic E-state index is 0.0657. The van der Waals surface area contributed by atoms with Crippen LogP contribution in [0.5, 0.6) is 0 Å². The molecule has 2 atom stereocenters. The summed E-state index contributed by atoms with van der Waals surface area (Å²) in [6, 6.07) is 8.97. The SMILES string of the molecule is CC1SC(c2ccc(Cl)c(Cl)c2)N(CCN2CCN(C(=O)c3ccco3)CC2)C1=O. The second kappa shape index (κ2) is 9.22. The number of rotatable bonds is 5. The van der Waals surface area contributed by atoms with Crippen molar-refractivity contribution in [3.63, 3.8) is 0 Å². The molecule has 2 aliphatic heterocycles. The van der Waals surface area contributed by atoms with E-state index in [0.717, 1.165) is 25.2 Å². The number of amides is 2. The lowest BCUT2D eigenvalue weighted by atomic mass is 10.2. The molecule has 3 heterocycles. The lowest BCUT2D eigenvalue weighted by Crippen LogP contribution is -2.50. The highest BCUT2D eigenvalue weighted by atomic mass is 35.5. The minimum Gasteiger partial charge on any atom is -0.459 e. The van der Waals surface area contributed by atoms with Crippen LogP contribution in [0.25, 0.3) is 0 Å². The maximum atomic E-state index is 12.8. The van der Waals surface area contributed by atoms with Crippen molar-refractivity contribution in [3.8, 4) is 0 Å². The van der Waals surface area contributed by atoms with Crippen molar-refractivity contribution >= 4 is 46.8 Å². The number of carbonyl (C=O) groups is 2. The summed E-state index contributed by atoms with van der Waals surface area (Å²) in [6.07, 6.45) is 1.51. The molecule has 1 aromatic carbocycles. The van der Waals surface area contributed by atoms with Gasteiger partial charge in [0.15, 0.2) is 5.76 Å². The molecule has 2 aromatic rings. The van der Waals surface area contributed by atoms with Gasteiger partial charge in [-0.3, -0.25) is 14.5 Å². The average Bonchev–Trinajstić information content (AvgIpc) is 3.38. The largest absolute Gasteiger partial charge is 0.459 e. The molecule has 0 aliphatic carbocycles. The van der Waals surface area contributed by atoms with Gasteiger partial charge in [-0.1, -0.05) is 29.3 Å². The van der Waals surface area contributed by atoms with Crippen molar-refractivity contribution in [3.05, 3.63) is 58.0 Å². The molecule has 0 spiro atoms. The van der Waals surface area contributed by atoms with E-state index in [1.54, 1.807) is 30.0 Å². The van der Waals surface area contributed by atoms with E-state index in [4.69, 9.17) is 27.6 Å². The number of hydrogen-bond acceptors (Lipinski definition) is 5. The molecule has 30 heavy (non-hydrogen) atoms. The van der Waals surface area contributed by atoms with Gasteiger partial charge in [0.05, 0.1) is 21.6 Å². The Labute approximate surface area is 190 Å². The molecule has 2 aliphatic rings. The smallest absolute Gasteiger partial charge is 0.289 e. The third-order valence-electron chi connectivity index (χ3n) is 5.52. The Morgan fingerprint density at radius 2 is 1.90 bits per heavy atom. The fourth-order valence-corrected chi connectivity index (χ4v) is 5.41. The van der Waals surface area contributed by atoms with E-state index in [1.807, 2.05) is 28.9 Å². The number of nitrogens with zero attached hydrogens (tertiary/aromatic N) is 3. The Balaban J connectivity index is 1.34. The highest BCUT2D eigenvalue weighted by Crippen LogP contribution is 2.43.